The van der Waals surface area contributed by atoms with Gasteiger partial charge in [0.15, 0.2) is 6.29 Å². The molecule has 17 nitrogen and oxygen atoms in total. The van der Waals surface area contributed by atoms with Gasteiger partial charge in [0.05, 0.1) is 18.3 Å². The molecular weight excluding hydrogens is 481 g/mol. The van der Waals surface area contributed by atoms with E-state index in [1.54, 1.807) is 0 Å². The summed E-state index contributed by atoms with van der Waals surface area (Å²) >= 11 is 0. The molecule has 1 aliphatic heterocycles. The molecule has 1 aliphatic rings. The van der Waals surface area contributed by atoms with Crippen LogP contribution in [0.1, 0.15) is 23.0 Å². The lowest BCUT2D eigenvalue weighted by Gasteiger charge is -2.19. The van der Waals surface area contributed by atoms with Gasteiger partial charge in [-0.2, -0.15) is 8.62 Å². The number of ether oxygens (including phenoxy) is 1. The topological polar surface area (TPSA) is 261 Å². The maximum Gasteiger partial charge on any atom is 0.490 e. The Kier molecular flexibility index (Phi) is 7.52. The largest absolute Gasteiger partial charge is 0.490 e. The predicted molar refractivity (Wildman–Crippen MR) is 91.1 cm³/mol. The number of hydrogen-bond acceptors (Lipinski definition) is 11. The molecule has 2 heterocycles. The summed E-state index contributed by atoms with van der Waals surface area (Å²) in [5.74, 6) is 0. The molecule has 6 N–H and O–H groups in total. The van der Waals surface area contributed by atoms with Crippen LogP contribution in [0.4, 0.5) is 0 Å². The van der Waals surface area contributed by atoms with Crippen LogP contribution in [-0.2, 0) is 31.6 Å². The average Bonchev–Trinajstić information content (AvgIpc) is 2.90. The first-order chi connectivity index (χ1) is 13.6. The minimum atomic E-state index is -5.71. The lowest BCUT2D eigenvalue weighted by Crippen LogP contribution is -2.34. The van der Waals surface area contributed by atoms with Crippen LogP contribution < -0.4 is 11.2 Å². The van der Waals surface area contributed by atoms with Crippen LogP contribution in [0.15, 0.2) is 15.8 Å². The fourth-order valence-corrected chi connectivity index (χ4v) is 5.34. The SMILES string of the molecule is O=Cc1cn([C@@H]2CC(O)[C@H](COP(=O)(O)OP(=O)(O)OP(=O)(O)O)O2)c(=O)[nH]c1=O. The highest BCUT2D eigenvalue weighted by atomic mass is 31.3. The van der Waals surface area contributed by atoms with E-state index >= 15 is 0 Å². The molecule has 0 amide bonds. The number of rotatable bonds is 9. The summed E-state index contributed by atoms with van der Waals surface area (Å²) in [6.07, 6.45) is -3.26. The molecule has 2 rings (SSSR count). The number of nitrogens with zero attached hydrogens (tertiary/aromatic N) is 1. The van der Waals surface area contributed by atoms with Crippen LogP contribution in [0.5, 0.6) is 0 Å². The van der Waals surface area contributed by atoms with E-state index in [0.29, 0.717) is 0 Å². The lowest BCUT2D eigenvalue weighted by atomic mass is 10.2. The molecule has 1 fully saturated rings. The van der Waals surface area contributed by atoms with Gasteiger partial charge in [0.2, 0.25) is 0 Å². The van der Waals surface area contributed by atoms with Crippen molar-refractivity contribution >= 4 is 29.8 Å². The maximum absolute atomic E-state index is 11.9. The summed E-state index contributed by atoms with van der Waals surface area (Å²) in [4.78, 5) is 71.3. The molecule has 0 aliphatic carbocycles. The Morgan fingerprint density at radius 3 is 2.37 bits per heavy atom. The van der Waals surface area contributed by atoms with E-state index in [4.69, 9.17) is 19.4 Å². The second-order valence-electron chi connectivity index (χ2n) is 5.69. The van der Waals surface area contributed by atoms with E-state index in [1.165, 1.54) is 0 Å². The number of aldehydes is 1. The third-order valence-electron chi connectivity index (χ3n) is 3.45. The average molecular weight is 496 g/mol. The minimum Gasteiger partial charge on any atom is -0.390 e. The van der Waals surface area contributed by atoms with Gasteiger partial charge in [-0.05, 0) is 0 Å². The van der Waals surface area contributed by atoms with Crippen molar-refractivity contribution < 1.29 is 61.1 Å². The van der Waals surface area contributed by atoms with E-state index < -0.39 is 65.3 Å². The van der Waals surface area contributed by atoms with Crippen LogP contribution in [0, 0.1) is 0 Å². The smallest absolute Gasteiger partial charge is 0.390 e. The Morgan fingerprint density at radius 1 is 1.17 bits per heavy atom. The molecule has 30 heavy (non-hydrogen) atoms. The summed E-state index contributed by atoms with van der Waals surface area (Å²) < 4.78 is 50.9. The Bertz CT molecular complexity index is 1060. The second kappa shape index (κ2) is 9.04. The first-order valence-electron chi connectivity index (χ1n) is 7.55. The lowest BCUT2D eigenvalue weighted by molar-refractivity contribution is -0.0450. The maximum atomic E-state index is 11.9. The fourth-order valence-electron chi connectivity index (χ4n) is 2.31. The number of aliphatic hydroxyl groups is 1. The number of aromatic amines is 1. The van der Waals surface area contributed by atoms with Crippen molar-refractivity contribution in [3.05, 3.63) is 32.6 Å². The molecule has 20 heteroatoms. The second-order valence-corrected chi connectivity index (χ2v) is 10.1. The fraction of sp³-hybridized carbons (Fsp3) is 0.500. The van der Waals surface area contributed by atoms with Crippen LogP contribution in [-0.4, -0.2) is 59.3 Å². The highest BCUT2D eigenvalue weighted by molar-refractivity contribution is 7.66. The first kappa shape index (κ1) is 24.9. The molecule has 0 bridgehead atoms. The van der Waals surface area contributed by atoms with E-state index in [0.717, 1.165) is 10.8 Å². The normalized spacial score (nSPS) is 26.1. The van der Waals surface area contributed by atoms with Crippen LogP contribution in [0.2, 0.25) is 0 Å². The van der Waals surface area contributed by atoms with Crippen molar-refractivity contribution in [1.29, 1.82) is 0 Å². The summed E-state index contributed by atoms with van der Waals surface area (Å²) in [6, 6.07) is 0. The zero-order chi connectivity index (χ0) is 22.9. The van der Waals surface area contributed by atoms with Crippen molar-refractivity contribution in [2.75, 3.05) is 6.61 Å². The van der Waals surface area contributed by atoms with E-state index in [2.05, 4.69) is 13.1 Å². The number of phosphoric ester groups is 1. The molecule has 1 saturated heterocycles. The van der Waals surface area contributed by atoms with Crippen LogP contribution in [0.25, 0.3) is 0 Å². The van der Waals surface area contributed by atoms with Gasteiger partial charge < -0.3 is 29.4 Å². The third kappa shape index (κ3) is 6.85. The molecule has 170 valence electrons. The van der Waals surface area contributed by atoms with E-state index in [-0.39, 0.29) is 12.7 Å². The summed E-state index contributed by atoms with van der Waals surface area (Å²) in [7, 11) is -16.7. The molecule has 1 aromatic heterocycles. The molecular formula is C10H15N2O15P3. The van der Waals surface area contributed by atoms with Crippen molar-refractivity contribution in [3.8, 4) is 0 Å². The molecule has 5 atom stereocenters. The minimum absolute atomic E-state index is 0.174. The van der Waals surface area contributed by atoms with Gasteiger partial charge in [0.25, 0.3) is 5.56 Å². The number of aromatic nitrogens is 2. The van der Waals surface area contributed by atoms with Crippen molar-refractivity contribution in [2.45, 2.75) is 24.9 Å². The molecule has 0 aromatic carbocycles. The Labute approximate surface area is 165 Å². The number of hydrogen-bond donors (Lipinski definition) is 6. The van der Waals surface area contributed by atoms with E-state index in [1.807, 2.05) is 4.98 Å². The first-order valence-corrected chi connectivity index (χ1v) is 12.1. The summed E-state index contributed by atoms with van der Waals surface area (Å²) in [6.45, 7) is -0.944. The molecule has 0 radical (unpaired) electrons. The zero-order valence-electron chi connectivity index (χ0n) is 14.4. The van der Waals surface area contributed by atoms with Gasteiger partial charge in [0, 0.05) is 12.6 Å². The van der Waals surface area contributed by atoms with Crippen molar-refractivity contribution in [2.24, 2.45) is 0 Å². The van der Waals surface area contributed by atoms with Gasteiger partial charge >= 0.3 is 29.2 Å². The number of H-pyrrole nitrogens is 1. The molecule has 1 aromatic rings. The standard InChI is InChI=1S/C10H15N2O15P3/c13-3-5-2-12(10(16)11-9(5)15)8-1-6(14)7(25-8)4-24-29(20,21)27-30(22,23)26-28(17,18)19/h2-3,6-8,14H,1,4H2,(H,20,21)(H,22,23)(H,11,15,16)(H2,17,18,19)/t6?,7-,8-/m0/s1. The predicted octanol–water partition coefficient (Wildman–Crippen LogP) is -1.66. The number of carbonyl (C=O) groups is 1. The monoisotopic (exact) mass is 496 g/mol. The van der Waals surface area contributed by atoms with Crippen LogP contribution >= 0.6 is 23.5 Å². The third-order valence-corrected chi connectivity index (χ3v) is 7.26. The Balaban J connectivity index is 2.05. The number of phosphoric acid groups is 3. The van der Waals surface area contributed by atoms with E-state index in [9.17, 15) is 38.1 Å². The molecule has 0 saturated carbocycles. The highest BCUT2D eigenvalue weighted by Crippen LogP contribution is 2.66. The Hall–Kier alpha value is -1.32. The summed E-state index contributed by atoms with van der Waals surface area (Å²) in [5, 5.41) is 9.97. The van der Waals surface area contributed by atoms with Crippen molar-refractivity contribution in [3.63, 3.8) is 0 Å². The van der Waals surface area contributed by atoms with Gasteiger partial charge in [-0.25, -0.2) is 18.5 Å². The Morgan fingerprint density at radius 2 is 1.80 bits per heavy atom. The number of aliphatic hydroxyl groups excluding tert-OH is 1. The molecule has 0 spiro atoms. The summed E-state index contributed by atoms with van der Waals surface area (Å²) in [5.41, 5.74) is -2.34. The van der Waals surface area contributed by atoms with Crippen LogP contribution in [0.3, 0.4) is 0 Å². The molecule has 3 unspecified atom stereocenters. The highest BCUT2D eigenvalue weighted by Gasteiger charge is 2.43. The number of nitrogens with one attached hydrogen (secondary N) is 1. The van der Waals surface area contributed by atoms with Gasteiger partial charge in [0.1, 0.15) is 12.3 Å². The van der Waals surface area contributed by atoms with Gasteiger partial charge in [-0.3, -0.25) is 23.7 Å². The van der Waals surface area contributed by atoms with Crippen molar-refractivity contribution in [1.82, 2.24) is 9.55 Å². The quantitative estimate of drug-likeness (QED) is 0.165. The zero-order valence-corrected chi connectivity index (χ0v) is 17.1. The van der Waals surface area contributed by atoms with Gasteiger partial charge in [-0.15, -0.1) is 0 Å². The number of carbonyl (C=O) groups excluding carboxylic acids is 1. The van der Waals surface area contributed by atoms with Gasteiger partial charge in [-0.1, -0.05) is 0 Å².